The van der Waals surface area contributed by atoms with Gasteiger partial charge in [0.05, 0.1) is 0 Å². The Labute approximate surface area is 121 Å². The van der Waals surface area contributed by atoms with Crippen LogP contribution in [0.2, 0.25) is 5.15 Å². The molecule has 3 N–H and O–H groups in total. The quantitative estimate of drug-likeness (QED) is 0.828. The van der Waals surface area contributed by atoms with E-state index in [4.69, 9.17) is 17.3 Å². The molecule has 1 aromatic carbocycles. The Morgan fingerprint density at radius 2 is 2.00 bits per heavy atom. The summed E-state index contributed by atoms with van der Waals surface area (Å²) in [4.78, 5) is 7.88. The molecule has 0 radical (unpaired) electrons. The minimum absolute atomic E-state index is 0.159. The van der Waals surface area contributed by atoms with Gasteiger partial charge in [0.25, 0.3) is 0 Å². The van der Waals surface area contributed by atoms with Crippen LogP contribution in [-0.2, 0) is 6.42 Å². The van der Waals surface area contributed by atoms with Crippen LogP contribution in [-0.4, -0.2) is 22.0 Å². The zero-order chi connectivity index (χ0) is 13.7. The number of nitrogens with zero attached hydrogens (tertiary/aromatic N) is 2. The van der Waals surface area contributed by atoms with E-state index in [1.165, 1.54) is 5.56 Å². The van der Waals surface area contributed by atoms with Gasteiger partial charge in [0.15, 0.2) is 0 Å². The zero-order valence-electron chi connectivity index (χ0n) is 10.6. The highest BCUT2D eigenvalue weighted by molar-refractivity contribution is 7.98. The van der Waals surface area contributed by atoms with E-state index < -0.39 is 0 Å². The van der Waals surface area contributed by atoms with Gasteiger partial charge < -0.3 is 11.1 Å². The van der Waals surface area contributed by atoms with Crippen molar-refractivity contribution in [1.29, 1.82) is 0 Å². The van der Waals surface area contributed by atoms with E-state index in [0.717, 1.165) is 17.9 Å². The summed E-state index contributed by atoms with van der Waals surface area (Å²) < 4.78 is 0. The monoisotopic (exact) mass is 294 g/mol. The molecule has 1 aromatic heterocycles. The van der Waals surface area contributed by atoms with E-state index in [-0.39, 0.29) is 5.95 Å². The highest BCUT2D eigenvalue weighted by Gasteiger charge is 2.01. The Kier molecular flexibility index (Phi) is 4.87. The van der Waals surface area contributed by atoms with Gasteiger partial charge in [-0.3, -0.25) is 0 Å². The second-order valence-corrected chi connectivity index (χ2v) is 5.37. The normalized spacial score (nSPS) is 10.4. The summed E-state index contributed by atoms with van der Waals surface area (Å²) in [5.74, 6) is 1.88. The van der Waals surface area contributed by atoms with Crippen molar-refractivity contribution in [1.82, 2.24) is 9.97 Å². The summed E-state index contributed by atoms with van der Waals surface area (Å²) in [6.07, 6.45) is 3.19. The molecular formula is C13H15ClN4S. The van der Waals surface area contributed by atoms with Crippen LogP contribution in [0, 0.1) is 0 Å². The molecule has 0 bridgehead atoms. The molecule has 0 saturated heterocycles. The van der Waals surface area contributed by atoms with Gasteiger partial charge >= 0.3 is 0 Å². The molecule has 4 nitrogen and oxygen atoms in total. The number of aromatic nitrogens is 2. The number of hydrogen-bond acceptors (Lipinski definition) is 5. The number of nitrogen functional groups attached to an aromatic ring is 1. The maximum Gasteiger partial charge on any atom is 0.223 e. The van der Waals surface area contributed by atoms with E-state index in [1.807, 2.05) is 23.9 Å². The van der Waals surface area contributed by atoms with Crippen molar-refractivity contribution >= 4 is 40.8 Å². The number of benzene rings is 1. The average molecular weight is 295 g/mol. The Hall–Kier alpha value is -1.46. The van der Waals surface area contributed by atoms with Gasteiger partial charge in [-0.05, 0) is 36.1 Å². The number of hydrogen-bond donors (Lipinski definition) is 2. The number of aryl methyl sites for hydroxylation is 1. The summed E-state index contributed by atoms with van der Waals surface area (Å²) in [5.41, 5.74) is 7.81. The molecule has 19 heavy (non-hydrogen) atoms. The van der Waals surface area contributed by atoms with Crippen LogP contribution in [0.15, 0.2) is 30.3 Å². The minimum atomic E-state index is 0.159. The molecule has 1 heterocycles. The Morgan fingerprint density at radius 1 is 1.26 bits per heavy atom. The summed E-state index contributed by atoms with van der Waals surface area (Å²) in [6, 6.07) is 9.87. The lowest BCUT2D eigenvalue weighted by Gasteiger charge is -2.07. The van der Waals surface area contributed by atoms with Crippen molar-refractivity contribution in [3.05, 3.63) is 41.0 Å². The molecule has 0 aliphatic carbocycles. The van der Waals surface area contributed by atoms with Gasteiger partial charge in [0.2, 0.25) is 5.95 Å². The van der Waals surface area contributed by atoms with Crippen LogP contribution in [0.3, 0.4) is 0 Å². The lowest BCUT2D eigenvalue weighted by molar-refractivity contribution is 1.16. The molecule has 0 spiro atoms. The first kappa shape index (κ1) is 14.0. The second-order valence-electron chi connectivity index (χ2n) is 4.00. The maximum absolute atomic E-state index is 5.83. The second kappa shape index (κ2) is 6.63. The van der Waals surface area contributed by atoms with Crippen molar-refractivity contribution in [3.8, 4) is 0 Å². The highest BCUT2D eigenvalue weighted by atomic mass is 35.5. The van der Waals surface area contributed by atoms with Gasteiger partial charge in [-0.25, -0.2) is 4.98 Å². The SMILES string of the molecule is CSCCc1ccc(Nc2cc(Cl)nc(N)n2)cc1. The van der Waals surface area contributed by atoms with E-state index in [1.54, 1.807) is 6.07 Å². The fourth-order valence-corrected chi connectivity index (χ4v) is 2.25. The van der Waals surface area contributed by atoms with E-state index >= 15 is 0 Å². The molecule has 6 heteroatoms. The molecule has 0 saturated carbocycles. The standard InChI is InChI=1S/C13H15ClN4S/c1-19-7-6-9-2-4-10(5-3-9)16-12-8-11(14)17-13(15)18-12/h2-5,8H,6-7H2,1H3,(H3,15,16,17,18). The third kappa shape index (κ3) is 4.29. The van der Waals surface area contributed by atoms with Crippen molar-refractivity contribution in [2.24, 2.45) is 0 Å². The average Bonchev–Trinajstić information content (AvgIpc) is 2.37. The molecule has 0 aliphatic rings. The number of anilines is 3. The van der Waals surface area contributed by atoms with Crippen molar-refractivity contribution in [3.63, 3.8) is 0 Å². The van der Waals surface area contributed by atoms with Gasteiger partial charge in [-0.15, -0.1) is 0 Å². The smallest absolute Gasteiger partial charge is 0.223 e. The summed E-state index contributed by atoms with van der Waals surface area (Å²) in [6.45, 7) is 0. The van der Waals surface area contributed by atoms with Crippen LogP contribution in [0.1, 0.15) is 5.56 Å². The third-order valence-corrected chi connectivity index (χ3v) is 3.34. The molecule has 2 aromatic rings. The van der Waals surface area contributed by atoms with Gasteiger partial charge in [0, 0.05) is 11.8 Å². The predicted octanol–water partition coefficient (Wildman–Crippen LogP) is 3.36. The minimum Gasteiger partial charge on any atom is -0.368 e. The third-order valence-electron chi connectivity index (χ3n) is 2.53. The number of nitrogens with two attached hydrogens (primary N) is 1. The summed E-state index contributed by atoms with van der Waals surface area (Å²) in [7, 11) is 0. The molecule has 0 fully saturated rings. The van der Waals surface area contributed by atoms with Crippen molar-refractivity contribution in [2.75, 3.05) is 23.1 Å². The molecule has 2 rings (SSSR count). The van der Waals surface area contributed by atoms with E-state index in [2.05, 4.69) is 33.7 Å². The Bertz CT molecular complexity index is 525. The first-order valence-electron chi connectivity index (χ1n) is 5.82. The van der Waals surface area contributed by atoms with E-state index in [0.29, 0.717) is 11.0 Å². The number of nitrogens with one attached hydrogen (secondary N) is 1. The van der Waals surface area contributed by atoms with Crippen molar-refractivity contribution < 1.29 is 0 Å². The largest absolute Gasteiger partial charge is 0.368 e. The van der Waals surface area contributed by atoms with Crippen LogP contribution >= 0.6 is 23.4 Å². The molecule has 0 atom stereocenters. The number of halogens is 1. The van der Waals surface area contributed by atoms with E-state index in [9.17, 15) is 0 Å². The van der Waals surface area contributed by atoms with Crippen LogP contribution in [0.4, 0.5) is 17.5 Å². The van der Waals surface area contributed by atoms with Crippen LogP contribution < -0.4 is 11.1 Å². The predicted molar refractivity (Wildman–Crippen MR) is 83.3 cm³/mol. The van der Waals surface area contributed by atoms with Crippen molar-refractivity contribution in [2.45, 2.75) is 6.42 Å². The summed E-state index contributed by atoms with van der Waals surface area (Å²) in [5, 5.41) is 3.47. The fraction of sp³-hybridized carbons (Fsp3) is 0.231. The Balaban J connectivity index is 2.06. The van der Waals surface area contributed by atoms with Crippen LogP contribution in [0.25, 0.3) is 0 Å². The first-order chi connectivity index (χ1) is 9.17. The zero-order valence-corrected chi connectivity index (χ0v) is 12.1. The van der Waals surface area contributed by atoms with Crippen LogP contribution in [0.5, 0.6) is 0 Å². The maximum atomic E-state index is 5.83. The summed E-state index contributed by atoms with van der Waals surface area (Å²) >= 11 is 7.67. The Morgan fingerprint density at radius 3 is 2.63 bits per heavy atom. The van der Waals surface area contributed by atoms with Gasteiger partial charge in [0.1, 0.15) is 11.0 Å². The highest BCUT2D eigenvalue weighted by Crippen LogP contribution is 2.19. The molecular weight excluding hydrogens is 280 g/mol. The number of thioether (sulfide) groups is 1. The molecule has 0 aliphatic heterocycles. The lowest BCUT2D eigenvalue weighted by atomic mass is 10.1. The lowest BCUT2D eigenvalue weighted by Crippen LogP contribution is -2.00. The number of rotatable bonds is 5. The molecule has 0 unspecified atom stereocenters. The van der Waals surface area contributed by atoms with Gasteiger partial charge in [-0.1, -0.05) is 23.7 Å². The van der Waals surface area contributed by atoms with Gasteiger partial charge in [-0.2, -0.15) is 16.7 Å². The topological polar surface area (TPSA) is 63.8 Å². The fourth-order valence-electron chi connectivity index (χ4n) is 1.62. The molecule has 100 valence electrons. The first-order valence-corrected chi connectivity index (χ1v) is 7.59. The molecule has 0 amide bonds.